The largest absolute Gasteiger partial charge is 0.310 e. The van der Waals surface area contributed by atoms with E-state index in [2.05, 4.69) is 217 Å². The van der Waals surface area contributed by atoms with Crippen molar-refractivity contribution in [3.63, 3.8) is 0 Å². The molecule has 1 nitrogen and oxygen atoms in total. The molecule has 2 heteroatoms. The Morgan fingerprint density at radius 1 is 0.298 bits per heavy atom. The third kappa shape index (κ3) is 4.75. The SMILES string of the molecule is c1ccc(-c2cccc(N(c3ccc(-c4ccc5c(c4)C4(c6ccccc6-c6ccccc64)c4ccccc4-5)cc3)c3ccc4sc5ccccc5c4c3)c2)cc1. The minimum atomic E-state index is -0.361. The first-order chi connectivity index (χ1) is 28.3. The van der Waals surface area contributed by atoms with Crippen molar-refractivity contribution in [3.05, 3.63) is 235 Å². The fraction of sp³-hybridized carbons (Fsp3) is 0.0182. The van der Waals surface area contributed by atoms with E-state index in [4.69, 9.17) is 0 Å². The monoisotopic (exact) mass is 741 g/mol. The molecule has 0 saturated heterocycles. The van der Waals surface area contributed by atoms with Crippen LogP contribution >= 0.6 is 11.3 Å². The van der Waals surface area contributed by atoms with E-state index in [0.717, 1.165) is 17.1 Å². The summed E-state index contributed by atoms with van der Waals surface area (Å²) in [4.78, 5) is 2.41. The lowest BCUT2D eigenvalue weighted by Crippen LogP contribution is -2.25. The summed E-state index contributed by atoms with van der Waals surface area (Å²) >= 11 is 1.86. The number of anilines is 3. The van der Waals surface area contributed by atoms with E-state index in [1.165, 1.54) is 86.9 Å². The molecule has 0 aliphatic heterocycles. The van der Waals surface area contributed by atoms with Crippen LogP contribution in [0.2, 0.25) is 0 Å². The molecule has 0 fully saturated rings. The fourth-order valence-electron chi connectivity index (χ4n) is 9.83. The van der Waals surface area contributed by atoms with Crippen molar-refractivity contribution in [1.82, 2.24) is 0 Å². The summed E-state index contributed by atoms with van der Waals surface area (Å²) in [6.45, 7) is 0. The molecular weight excluding hydrogens is 707 g/mol. The average molecular weight is 742 g/mol. The summed E-state index contributed by atoms with van der Waals surface area (Å²) in [7, 11) is 0. The van der Waals surface area contributed by atoms with Crippen LogP contribution in [-0.2, 0) is 5.41 Å². The van der Waals surface area contributed by atoms with Gasteiger partial charge in [0.05, 0.1) is 5.41 Å². The minimum absolute atomic E-state index is 0.361. The lowest BCUT2D eigenvalue weighted by atomic mass is 9.70. The Bertz CT molecular complexity index is 3130. The first kappa shape index (κ1) is 32.3. The number of hydrogen-bond acceptors (Lipinski definition) is 2. The van der Waals surface area contributed by atoms with Crippen LogP contribution in [0.4, 0.5) is 17.1 Å². The highest BCUT2D eigenvalue weighted by Crippen LogP contribution is 2.63. The van der Waals surface area contributed by atoms with Gasteiger partial charge < -0.3 is 4.90 Å². The van der Waals surface area contributed by atoms with Crippen molar-refractivity contribution in [2.24, 2.45) is 0 Å². The van der Waals surface area contributed by atoms with Crippen LogP contribution in [0.15, 0.2) is 212 Å². The fourth-order valence-corrected chi connectivity index (χ4v) is 10.9. The molecule has 1 aromatic heterocycles. The van der Waals surface area contributed by atoms with Crippen LogP contribution in [0.25, 0.3) is 64.7 Å². The molecule has 0 saturated carbocycles. The topological polar surface area (TPSA) is 3.24 Å². The zero-order chi connectivity index (χ0) is 37.5. The summed E-state index contributed by atoms with van der Waals surface area (Å²) in [5.41, 5.74) is 18.6. The Kier molecular flexibility index (Phi) is 7.08. The van der Waals surface area contributed by atoms with E-state index in [-0.39, 0.29) is 5.41 Å². The van der Waals surface area contributed by atoms with Gasteiger partial charge in [-0.1, -0.05) is 158 Å². The molecule has 12 rings (SSSR count). The molecule has 10 aromatic rings. The van der Waals surface area contributed by atoms with Crippen molar-refractivity contribution in [2.75, 3.05) is 4.90 Å². The van der Waals surface area contributed by atoms with E-state index < -0.39 is 0 Å². The molecule has 0 N–H and O–H groups in total. The molecule has 266 valence electrons. The van der Waals surface area contributed by atoms with Gasteiger partial charge in [-0.05, 0) is 121 Å². The van der Waals surface area contributed by atoms with Gasteiger partial charge >= 0.3 is 0 Å². The summed E-state index contributed by atoms with van der Waals surface area (Å²) in [6.07, 6.45) is 0. The van der Waals surface area contributed by atoms with Crippen molar-refractivity contribution >= 4 is 48.6 Å². The second-order valence-electron chi connectivity index (χ2n) is 15.2. The molecule has 57 heavy (non-hydrogen) atoms. The zero-order valence-corrected chi connectivity index (χ0v) is 31.9. The van der Waals surface area contributed by atoms with E-state index >= 15 is 0 Å². The van der Waals surface area contributed by atoms with Gasteiger partial charge in [0.1, 0.15) is 0 Å². The number of rotatable bonds is 5. The predicted octanol–water partition coefficient (Wildman–Crippen LogP) is 15.2. The second kappa shape index (κ2) is 12.5. The Morgan fingerprint density at radius 2 is 0.807 bits per heavy atom. The number of nitrogens with zero attached hydrogens (tertiary/aromatic N) is 1. The van der Waals surface area contributed by atoms with E-state index in [1.807, 2.05) is 11.3 Å². The number of fused-ring (bicyclic) bond motifs is 13. The minimum Gasteiger partial charge on any atom is -0.310 e. The maximum atomic E-state index is 2.47. The van der Waals surface area contributed by atoms with Crippen LogP contribution in [0, 0.1) is 0 Å². The number of hydrogen-bond donors (Lipinski definition) is 0. The third-order valence-corrected chi connectivity index (χ3v) is 13.4. The van der Waals surface area contributed by atoms with Gasteiger partial charge in [-0.15, -0.1) is 11.3 Å². The third-order valence-electron chi connectivity index (χ3n) is 12.3. The summed E-state index contributed by atoms with van der Waals surface area (Å²) in [6, 6.07) is 78.7. The van der Waals surface area contributed by atoms with Gasteiger partial charge in [0.2, 0.25) is 0 Å². The molecule has 0 amide bonds. The molecule has 9 aromatic carbocycles. The number of benzene rings is 9. The smallest absolute Gasteiger partial charge is 0.0725 e. The second-order valence-corrected chi connectivity index (χ2v) is 16.3. The normalized spacial score (nSPS) is 13.1. The van der Waals surface area contributed by atoms with E-state index in [0.29, 0.717) is 0 Å². The van der Waals surface area contributed by atoms with Crippen LogP contribution < -0.4 is 4.90 Å². The summed E-state index contributed by atoms with van der Waals surface area (Å²) < 4.78 is 2.62. The van der Waals surface area contributed by atoms with Crippen LogP contribution in [-0.4, -0.2) is 0 Å². The molecule has 0 atom stereocenters. The van der Waals surface area contributed by atoms with Crippen molar-refractivity contribution in [1.29, 1.82) is 0 Å². The number of thiophene rings is 1. The Morgan fingerprint density at radius 3 is 1.53 bits per heavy atom. The predicted molar refractivity (Wildman–Crippen MR) is 241 cm³/mol. The van der Waals surface area contributed by atoms with Crippen molar-refractivity contribution in [3.8, 4) is 44.5 Å². The molecule has 2 aliphatic rings. The van der Waals surface area contributed by atoms with Crippen LogP contribution in [0.3, 0.4) is 0 Å². The van der Waals surface area contributed by atoms with Crippen LogP contribution in [0.1, 0.15) is 22.3 Å². The Hall–Kier alpha value is -7.00. The molecule has 0 radical (unpaired) electrons. The molecule has 0 bridgehead atoms. The lowest BCUT2D eigenvalue weighted by molar-refractivity contribution is 0.794. The Balaban J connectivity index is 1.00. The summed E-state index contributed by atoms with van der Waals surface area (Å²) in [5.74, 6) is 0. The van der Waals surface area contributed by atoms with Crippen LogP contribution in [0.5, 0.6) is 0 Å². The molecular formula is C55H35NS. The first-order valence-electron chi connectivity index (χ1n) is 19.7. The highest BCUT2D eigenvalue weighted by atomic mass is 32.1. The van der Waals surface area contributed by atoms with Gasteiger partial charge in [-0.25, -0.2) is 0 Å². The molecule has 1 spiro atoms. The van der Waals surface area contributed by atoms with E-state index in [9.17, 15) is 0 Å². The molecule has 2 aliphatic carbocycles. The van der Waals surface area contributed by atoms with Gasteiger partial charge in [-0.3, -0.25) is 0 Å². The van der Waals surface area contributed by atoms with Gasteiger partial charge in [0.25, 0.3) is 0 Å². The van der Waals surface area contributed by atoms with E-state index in [1.54, 1.807) is 0 Å². The van der Waals surface area contributed by atoms with Gasteiger partial charge in [-0.2, -0.15) is 0 Å². The highest BCUT2D eigenvalue weighted by molar-refractivity contribution is 7.25. The quantitative estimate of drug-likeness (QED) is 0.170. The standard InChI is InChI=1S/C55H35NS/c1-2-13-36(14-3-1)38-15-12-16-41(33-38)56(42-30-32-54-48(35-42)47-20-7-11-24-53(47)57-54)40-28-25-37(26-29-40)39-27-31-46-45-19-6-10-23-51(45)55(52(46)34-39)49-21-8-4-17-43(49)44-18-5-9-22-50(44)55/h1-35H. The zero-order valence-electron chi connectivity index (χ0n) is 31.1. The lowest BCUT2D eigenvalue weighted by Gasteiger charge is -2.30. The Labute approximate surface area is 336 Å². The molecule has 1 heterocycles. The van der Waals surface area contributed by atoms with Crippen molar-refractivity contribution in [2.45, 2.75) is 5.41 Å². The van der Waals surface area contributed by atoms with Gasteiger partial charge in [0, 0.05) is 37.2 Å². The average Bonchev–Trinajstić information content (AvgIpc) is 3.91. The molecule has 0 unspecified atom stereocenters. The first-order valence-corrected chi connectivity index (χ1v) is 20.5. The van der Waals surface area contributed by atoms with Gasteiger partial charge in [0.15, 0.2) is 0 Å². The highest BCUT2D eigenvalue weighted by Gasteiger charge is 2.51. The summed E-state index contributed by atoms with van der Waals surface area (Å²) in [5, 5.41) is 2.59. The maximum Gasteiger partial charge on any atom is 0.0725 e. The van der Waals surface area contributed by atoms with Crippen molar-refractivity contribution < 1.29 is 0 Å². The maximum absolute atomic E-state index is 2.47.